The molecule has 0 aliphatic rings. The number of nitrogens with zero attached hydrogens (tertiary/aromatic N) is 1. The summed E-state index contributed by atoms with van der Waals surface area (Å²) in [6.07, 6.45) is 2.65. The molecule has 1 rings (SSSR count). The zero-order valence-electron chi connectivity index (χ0n) is 7.49. The smallest absolute Gasteiger partial charge is 0.262 e. The lowest BCUT2D eigenvalue weighted by Crippen LogP contribution is -2.14. The number of nitrogens with one attached hydrogen (secondary N) is 1. The summed E-state index contributed by atoms with van der Waals surface area (Å²) in [4.78, 5) is 4.05. The molecule has 0 saturated heterocycles. The van der Waals surface area contributed by atoms with Crippen LogP contribution < -0.4 is 5.32 Å². The van der Waals surface area contributed by atoms with Crippen molar-refractivity contribution in [3.8, 4) is 0 Å². The maximum absolute atomic E-state index is 5.18. The monoisotopic (exact) mass is 196 g/mol. The van der Waals surface area contributed by atoms with Crippen molar-refractivity contribution in [1.82, 2.24) is 4.98 Å². The Hall–Kier alpha value is -1.16. The van der Waals surface area contributed by atoms with E-state index in [1.54, 1.807) is 6.20 Å². The molecule has 70 valence electrons. The second-order valence-corrected chi connectivity index (χ2v) is 2.85. The third-order valence-corrected chi connectivity index (χ3v) is 1.55. The first-order chi connectivity index (χ1) is 6.33. The molecule has 0 aromatic carbocycles. The molecule has 1 aromatic heterocycles. The van der Waals surface area contributed by atoms with Gasteiger partial charge in [0.1, 0.15) is 5.82 Å². The molecule has 0 aliphatic carbocycles. The van der Waals surface area contributed by atoms with Crippen molar-refractivity contribution < 1.29 is 4.74 Å². The zero-order valence-corrected chi connectivity index (χ0v) is 8.30. The van der Waals surface area contributed by atoms with Crippen molar-refractivity contribution in [2.24, 2.45) is 0 Å². The van der Waals surface area contributed by atoms with Gasteiger partial charge < -0.3 is 10.1 Å². The van der Waals surface area contributed by atoms with E-state index in [0.717, 1.165) is 6.42 Å². The number of hydrogen-bond acceptors (Lipinski definition) is 3. The predicted molar refractivity (Wildman–Crippen MR) is 56.7 cm³/mol. The molecule has 0 unspecified atom stereocenters. The summed E-state index contributed by atoms with van der Waals surface area (Å²) < 4.78 is 5.18. The molecule has 1 heterocycles. The van der Waals surface area contributed by atoms with Crippen LogP contribution in [0.15, 0.2) is 24.4 Å². The number of rotatable bonds is 3. The Kier molecular flexibility index (Phi) is 4.18. The van der Waals surface area contributed by atoms with E-state index in [2.05, 4.69) is 10.3 Å². The lowest BCUT2D eigenvalue weighted by atomic mass is 10.5. The molecule has 1 aromatic rings. The van der Waals surface area contributed by atoms with Crippen molar-refractivity contribution in [3.63, 3.8) is 0 Å². The summed E-state index contributed by atoms with van der Waals surface area (Å²) in [5.74, 6) is 0.712. The highest BCUT2D eigenvalue weighted by Gasteiger charge is 1.96. The molecule has 0 aliphatic heterocycles. The number of hydrogen-bond donors (Lipinski definition) is 1. The summed E-state index contributed by atoms with van der Waals surface area (Å²) >= 11 is 4.93. The quantitative estimate of drug-likeness (QED) is 0.751. The van der Waals surface area contributed by atoms with Crippen LogP contribution in [-0.2, 0) is 4.74 Å². The van der Waals surface area contributed by atoms with Gasteiger partial charge in [-0.3, -0.25) is 0 Å². The Labute approximate surface area is 83.1 Å². The molecule has 0 fully saturated rings. The van der Waals surface area contributed by atoms with E-state index in [1.165, 1.54) is 0 Å². The standard InChI is InChI=1S/C9H12N2OS/c1-2-7-12-9(13)11-8-5-3-4-6-10-8/h3-6H,2,7H2,1H3,(H,10,11,13). The highest BCUT2D eigenvalue weighted by molar-refractivity contribution is 7.80. The Morgan fingerprint density at radius 1 is 1.62 bits per heavy atom. The van der Waals surface area contributed by atoms with Gasteiger partial charge in [-0.15, -0.1) is 0 Å². The fourth-order valence-electron chi connectivity index (χ4n) is 0.772. The van der Waals surface area contributed by atoms with Crippen LogP contribution in [0, 0.1) is 0 Å². The van der Waals surface area contributed by atoms with Crippen LogP contribution in [0.5, 0.6) is 0 Å². The first-order valence-electron chi connectivity index (χ1n) is 4.17. The fourth-order valence-corrected chi connectivity index (χ4v) is 0.960. The molecule has 0 bridgehead atoms. The molecule has 0 saturated carbocycles. The van der Waals surface area contributed by atoms with E-state index in [0.29, 0.717) is 17.6 Å². The Balaban J connectivity index is 2.37. The normalized spacial score (nSPS) is 9.31. The van der Waals surface area contributed by atoms with Gasteiger partial charge in [0.25, 0.3) is 5.17 Å². The van der Waals surface area contributed by atoms with E-state index in [-0.39, 0.29) is 0 Å². The highest BCUT2D eigenvalue weighted by atomic mass is 32.1. The minimum absolute atomic E-state index is 0.376. The molecular formula is C9H12N2OS. The summed E-state index contributed by atoms with van der Waals surface area (Å²) in [6.45, 7) is 2.67. The molecule has 0 spiro atoms. The third kappa shape index (κ3) is 3.85. The lowest BCUT2D eigenvalue weighted by Gasteiger charge is -2.07. The molecule has 3 nitrogen and oxygen atoms in total. The summed E-state index contributed by atoms with van der Waals surface area (Å²) in [6, 6.07) is 5.57. The topological polar surface area (TPSA) is 34.1 Å². The average molecular weight is 196 g/mol. The number of pyridine rings is 1. The molecule has 1 N–H and O–H groups in total. The maximum atomic E-state index is 5.18. The average Bonchev–Trinajstić information content (AvgIpc) is 2.16. The van der Waals surface area contributed by atoms with Crippen molar-refractivity contribution in [1.29, 1.82) is 0 Å². The van der Waals surface area contributed by atoms with E-state index < -0.39 is 0 Å². The predicted octanol–water partition coefficient (Wildman–Crippen LogP) is 2.21. The van der Waals surface area contributed by atoms with Crippen LogP contribution in [0.4, 0.5) is 5.82 Å². The van der Waals surface area contributed by atoms with Gasteiger partial charge in [0, 0.05) is 6.20 Å². The Morgan fingerprint density at radius 2 is 2.46 bits per heavy atom. The second-order valence-electron chi connectivity index (χ2n) is 2.48. The van der Waals surface area contributed by atoms with Gasteiger partial charge in [-0.05, 0) is 30.8 Å². The first kappa shape index (κ1) is 9.92. The molecular weight excluding hydrogens is 184 g/mol. The molecule has 4 heteroatoms. The van der Waals surface area contributed by atoms with Crippen molar-refractivity contribution >= 4 is 23.2 Å². The van der Waals surface area contributed by atoms with E-state index in [9.17, 15) is 0 Å². The minimum Gasteiger partial charge on any atom is -0.471 e. The van der Waals surface area contributed by atoms with Gasteiger partial charge in [-0.25, -0.2) is 4.98 Å². The molecule has 0 amide bonds. The van der Waals surface area contributed by atoms with Crippen LogP contribution >= 0.6 is 12.2 Å². The first-order valence-corrected chi connectivity index (χ1v) is 4.58. The number of ether oxygens (including phenoxy) is 1. The van der Waals surface area contributed by atoms with Gasteiger partial charge in [-0.1, -0.05) is 13.0 Å². The molecule has 0 atom stereocenters. The minimum atomic E-state index is 0.376. The van der Waals surface area contributed by atoms with Gasteiger partial charge in [0.15, 0.2) is 0 Å². The summed E-state index contributed by atoms with van der Waals surface area (Å²) in [7, 11) is 0. The van der Waals surface area contributed by atoms with Gasteiger partial charge in [0.2, 0.25) is 0 Å². The SMILES string of the molecule is CCCOC(=S)Nc1ccccn1. The van der Waals surface area contributed by atoms with Crippen LogP contribution in [0.1, 0.15) is 13.3 Å². The lowest BCUT2D eigenvalue weighted by molar-refractivity contribution is 0.312. The zero-order chi connectivity index (χ0) is 9.52. The van der Waals surface area contributed by atoms with Crippen molar-refractivity contribution in [2.75, 3.05) is 11.9 Å². The summed E-state index contributed by atoms with van der Waals surface area (Å²) in [5, 5.41) is 3.25. The van der Waals surface area contributed by atoms with Crippen LogP contribution in [0.25, 0.3) is 0 Å². The molecule has 0 radical (unpaired) electrons. The fraction of sp³-hybridized carbons (Fsp3) is 0.333. The van der Waals surface area contributed by atoms with Crippen LogP contribution in [-0.4, -0.2) is 16.8 Å². The summed E-state index contributed by atoms with van der Waals surface area (Å²) in [5.41, 5.74) is 0. The Bertz CT molecular complexity index is 264. The number of thiocarbonyl (C=S) groups is 1. The second kappa shape index (κ2) is 5.48. The van der Waals surface area contributed by atoms with E-state index >= 15 is 0 Å². The Morgan fingerprint density at radius 3 is 3.08 bits per heavy atom. The third-order valence-electron chi connectivity index (χ3n) is 1.33. The highest BCUT2D eigenvalue weighted by Crippen LogP contribution is 2.00. The maximum Gasteiger partial charge on any atom is 0.262 e. The van der Waals surface area contributed by atoms with Crippen molar-refractivity contribution in [3.05, 3.63) is 24.4 Å². The van der Waals surface area contributed by atoms with Gasteiger partial charge in [0.05, 0.1) is 6.61 Å². The largest absolute Gasteiger partial charge is 0.471 e. The van der Waals surface area contributed by atoms with E-state index in [1.807, 2.05) is 25.1 Å². The van der Waals surface area contributed by atoms with Crippen LogP contribution in [0.2, 0.25) is 0 Å². The van der Waals surface area contributed by atoms with Gasteiger partial charge >= 0.3 is 0 Å². The number of anilines is 1. The van der Waals surface area contributed by atoms with Crippen molar-refractivity contribution in [2.45, 2.75) is 13.3 Å². The number of aromatic nitrogens is 1. The van der Waals surface area contributed by atoms with E-state index in [4.69, 9.17) is 17.0 Å². The van der Waals surface area contributed by atoms with Gasteiger partial charge in [-0.2, -0.15) is 0 Å². The molecule has 13 heavy (non-hydrogen) atoms. The van der Waals surface area contributed by atoms with Crippen LogP contribution in [0.3, 0.4) is 0 Å².